The number of benzene rings is 1. The molecule has 1 aromatic heterocycles. The Hall–Kier alpha value is -2.42. The van der Waals surface area contributed by atoms with E-state index in [0.29, 0.717) is 10.6 Å². The van der Waals surface area contributed by atoms with E-state index in [2.05, 4.69) is 11.2 Å². The van der Waals surface area contributed by atoms with Crippen LogP contribution in [0.2, 0.25) is 0 Å². The Labute approximate surface area is 122 Å². The van der Waals surface area contributed by atoms with E-state index < -0.39 is 0 Å². The minimum absolute atomic E-state index is 0.175. The van der Waals surface area contributed by atoms with Crippen LogP contribution in [-0.4, -0.2) is 10.9 Å². The van der Waals surface area contributed by atoms with Gasteiger partial charge in [-0.25, -0.2) is 0 Å². The van der Waals surface area contributed by atoms with Crippen LogP contribution in [0.5, 0.6) is 0 Å². The van der Waals surface area contributed by atoms with E-state index in [-0.39, 0.29) is 5.92 Å². The first kappa shape index (κ1) is 12.6. The second kappa shape index (κ2) is 5.29. The third-order valence-electron chi connectivity index (χ3n) is 3.21. The third-order valence-corrected chi connectivity index (χ3v) is 3.53. The summed E-state index contributed by atoms with van der Waals surface area (Å²) in [6.07, 6.45) is 3.64. The molecule has 20 heavy (non-hydrogen) atoms. The second-order valence-electron chi connectivity index (χ2n) is 4.43. The van der Waals surface area contributed by atoms with Gasteiger partial charge in [0.1, 0.15) is 10.7 Å². The lowest BCUT2D eigenvalue weighted by Crippen LogP contribution is -2.29. The third kappa shape index (κ3) is 2.23. The highest BCUT2D eigenvalue weighted by Gasteiger charge is 2.27. The van der Waals surface area contributed by atoms with Crippen LogP contribution in [0.15, 0.2) is 64.8 Å². The van der Waals surface area contributed by atoms with E-state index >= 15 is 0 Å². The summed E-state index contributed by atoms with van der Waals surface area (Å²) in [5.74, 6) is 3.01. The largest absolute Gasteiger partial charge is 0.468 e. The topological polar surface area (TPSA) is 49.0 Å². The van der Waals surface area contributed by atoms with E-state index in [1.165, 1.54) is 0 Å². The number of nitrogens with one attached hydrogen (secondary N) is 2. The van der Waals surface area contributed by atoms with Crippen LogP contribution in [-0.2, 0) is 0 Å². The molecule has 0 saturated heterocycles. The number of hydrogen-bond acceptors (Lipinski definition) is 3. The zero-order valence-electron chi connectivity index (χ0n) is 10.6. The summed E-state index contributed by atoms with van der Waals surface area (Å²) in [4.78, 5) is 0.516. The standard InChI is InChI=1S/C16H12N2OS/c17-10-13-12(15-7-4-8-19-15)9-14(18-16(13)20)11-5-2-1-3-6-11/h1-9,12,17H,(H,18,20). The Balaban J connectivity index is 2.09. The van der Waals surface area contributed by atoms with Gasteiger partial charge in [0.05, 0.1) is 17.8 Å². The van der Waals surface area contributed by atoms with Crippen molar-refractivity contribution < 1.29 is 4.42 Å². The quantitative estimate of drug-likeness (QED) is 0.503. The fourth-order valence-corrected chi connectivity index (χ4v) is 2.52. The molecule has 1 aromatic carbocycles. The minimum atomic E-state index is -0.175. The first-order valence-corrected chi connectivity index (χ1v) is 6.62. The van der Waals surface area contributed by atoms with Crippen molar-refractivity contribution in [3.63, 3.8) is 0 Å². The molecule has 98 valence electrons. The Kier molecular flexibility index (Phi) is 3.33. The first-order valence-electron chi connectivity index (χ1n) is 6.21. The first-order chi connectivity index (χ1) is 9.79. The molecule has 0 fully saturated rings. The van der Waals surface area contributed by atoms with Crippen molar-refractivity contribution in [1.29, 1.82) is 5.41 Å². The Morgan fingerprint density at radius 3 is 2.60 bits per heavy atom. The van der Waals surface area contributed by atoms with Gasteiger partial charge in [-0.3, -0.25) is 5.41 Å². The van der Waals surface area contributed by atoms with E-state index in [1.807, 2.05) is 48.5 Å². The lowest BCUT2D eigenvalue weighted by atomic mass is 9.91. The summed E-state index contributed by atoms with van der Waals surface area (Å²) >= 11 is 5.34. The van der Waals surface area contributed by atoms with Crippen molar-refractivity contribution in [3.8, 4) is 0 Å². The Morgan fingerprint density at radius 1 is 1.15 bits per heavy atom. The van der Waals surface area contributed by atoms with Crippen molar-refractivity contribution in [3.05, 3.63) is 71.7 Å². The van der Waals surface area contributed by atoms with Crippen molar-refractivity contribution in [2.75, 3.05) is 0 Å². The van der Waals surface area contributed by atoms with Gasteiger partial charge in [-0.05, 0) is 29.6 Å². The highest BCUT2D eigenvalue weighted by atomic mass is 32.1. The predicted molar refractivity (Wildman–Crippen MR) is 82.8 cm³/mol. The van der Waals surface area contributed by atoms with Gasteiger partial charge in [0.25, 0.3) is 0 Å². The maximum absolute atomic E-state index is 7.45. The zero-order chi connectivity index (χ0) is 13.9. The lowest BCUT2D eigenvalue weighted by Gasteiger charge is -2.24. The van der Waals surface area contributed by atoms with E-state index in [4.69, 9.17) is 22.0 Å². The number of hydrogen-bond donors (Lipinski definition) is 2. The fraction of sp³-hybridized carbons (Fsp3) is 0.0625. The molecule has 0 amide bonds. The van der Waals surface area contributed by atoms with Crippen molar-refractivity contribution in [2.24, 2.45) is 0 Å². The smallest absolute Gasteiger partial charge is 0.117 e. The molecule has 3 rings (SSSR count). The normalized spacial score (nSPS) is 18.2. The fourth-order valence-electron chi connectivity index (χ4n) is 2.24. The van der Waals surface area contributed by atoms with E-state index in [0.717, 1.165) is 17.0 Å². The molecule has 0 radical (unpaired) electrons. The van der Waals surface area contributed by atoms with Gasteiger partial charge < -0.3 is 9.73 Å². The minimum Gasteiger partial charge on any atom is -0.468 e. The van der Waals surface area contributed by atoms with Crippen LogP contribution in [0.3, 0.4) is 0 Å². The molecular weight excluding hydrogens is 268 g/mol. The number of furan rings is 1. The maximum atomic E-state index is 7.45. The van der Waals surface area contributed by atoms with Gasteiger partial charge >= 0.3 is 0 Å². The summed E-state index contributed by atoms with van der Waals surface area (Å²) in [5, 5.41) is 10.6. The van der Waals surface area contributed by atoms with Gasteiger partial charge in [-0.1, -0.05) is 42.5 Å². The SMILES string of the molecule is N=C=C1C(=S)NC(c2ccccc2)=CC1c1ccco1. The van der Waals surface area contributed by atoms with Crippen molar-refractivity contribution >= 4 is 28.8 Å². The summed E-state index contributed by atoms with van der Waals surface area (Å²) < 4.78 is 5.46. The summed E-state index contributed by atoms with van der Waals surface area (Å²) in [6, 6.07) is 13.7. The molecule has 3 nitrogen and oxygen atoms in total. The summed E-state index contributed by atoms with van der Waals surface area (Å²) in [5.41, 5.74) is 2.60. The number of thiocarbonyl (C=S) groups is 1. The number of allylic oxidation sites excluding steroid dienone is 1. The summed E-state index contributed by atoms with van der Waals surface area (Å²) in [6.45, 7) is 0. The van der Waals surface area contributed by atoms with Gasteiger partial charge in [0.15, 0.2) is 0 Å². The number of rotatable bonds is 2. The molecule has 2 aromatic rings. The van der Waals surface area contributed by atoms with E-state index in [9.17, 15) is 0 Å². The molecule has 1 atom stereocenters. The van der Waals surface area contributed by atoms with Crippen LogP contribution < -0.4 is 5.32 Å². The Morgan fingerprint density at radius 2 is 1.95 bits per heavy atom. The molecule has 0 aliphatic carbocycles. The van der Waals surface area contributed by atoms with Gasteiger partial charge in [-0.2, -0.15) is 0 Å². The molecule has 1 aliphatic heterocycles. The predicted octanol–water partition coefficient (Wildman–Crippen LogP) is 3.51. The molecule has 1 unspecified atom stereocenters. The van der Waals surface area contributed by atoms with Crippen molar-refractivity contribution in [1.82, 2.24) is 5.32 Å². The summed E-state index contributed by atoms with van der Waals surface area (Å²) in [7, 11) is 0. The Bertz CT molecular complexity index is 710. The molecule has 0 spiro atoms. The molecular formula is C16H12N2OS. The van der Waals surface area contributed by atoms with E-state index in [1.54, 1.807) is 6.26 Å². The highest BCUT2D eigenvalue weighted by molar-refractivity contribution is 7.80. The monoisotopic (exact) mass is 280 g/mol. The second-order valence-corrected chi connectivity index (χ2v) is 4.84. The molecule has 0 saturated carbocycles. The average molecular weight is 280 g/mol. The molecule has 4 heteroatoms. The average Bonchev–Trinajstić information content (AvgIpc) is 3.01. The van der Waals surface area contributed by atoms with Gasteiger partial charge in [0, 0.05) is 5.70 Å². The molecule has 1 aliphatic rings. The molecule has 2 heterocycles. The maximum Gasteiger partial charge on any atom is 0.117 e. The highest BCUT2D eigenvalue weighted by Crippen LogP contribution is 2.32. The lowest BCUT2D eigenvalue weighted by molar-refractivity contribution is 0.507. The molecule has 2 N–H and O–H groups in total. The van der Waals surface area contributed by atoms with Crippen molar-refractivity contribution in [2.45, 2.75) is 5.92 Å². The van der Waals surface area contributed by atoms with Crippen LogP contribution in [0.4, 0.5) is 0 Å². The van der Waals surface area contributed by atoms with Gasteiger partial charge in [-0.15, -0.1) is 0 Å². The van der Waals surface area contributed by atoms with Gasteiger partial charge in [0.2, 0.25) is 0 Å². The van der Waals surface area contributed by atoms with Crippen LogP contribution in [0, 0.1) is 5.41 Å². The van der Waals surface area contributed by atoms with Crippen LogP contribution in [0.25, 0.3) is 5.70 Å². The zero-order valence-corrected chi connectivity index (χ0v) is 11.4. The van der Waals surface area contributed by atoms with Crippen LogP contribution >= 0.6 is 12.2 Å². The molecule has 0 bridgehead atoms. The van der Waals surface area contributed by atoms with Crippen LogP contribution in [0.1, 0.15) is 17.2 Å².